The van der Waals surface area contributed by atoms with Gasteiger partial charge in [0.25, 0.3) is 5.91 Å². The molecule has 0 fully saturated rings. The van der Waals surface area contributed by atoms with E-state index in [1.807, 2.05) is 24.3 Å². The Bertz CT molecular complexity index is 667. The van der Waals surface area contributed by atoms with Gasteiger partial charge in [0, 0.05) is 17.3 Å². The average molecular weight is 351 g/mol. The number of rotatable bonds is 6. The molecule has 122 valence electrons. The lowest BCUT2D eigenvalue weighted by Gasteiger charge is -2.18. The summed E-state index contributed by atoms with van der Waals surface area (Å²) in [4.78, 5) is 14.6. The predicted octanol–water partition coefficient (Wildman–Crippen LogP) is 5.09. The van der Waals surface area contributed by atoms with Crippen molar-refractivity contribution in [3.63, 3.8) is 0 Å². The third-order valence-corrected chi connectivity index (χ3v) is 4.25. The molecule has 3 nitrogen and oxygen atoms in total. The van der Waals surface area contributed by atoms with Gasteiger partial charge < -0.3 is 5.32 Å². The van der Waals surface area contributed by atoms with Crippen LogP contribution in [-0.4, -0.2) is 23.9 Å². The fourth-order valence-electron chi connectivity index (χ4n) is 2.27. The molecule has 0 aliphatic heterocycles. The minimum Gasteiger partial charge on any atom is -0.322 e. The smallest absolute Gasteiger partial charge is 0.257 e. The van der Waals surface area contributed by atoms with E-state index in [4.69, 9.17) is 23.2 Å². The summed E-state index contributed by atoms with van der Waals surface area (Å²) in [6.07, 6.45) is 0. The van der Waals surface area contributed by atoms with Crippen molar-refractivity contribution in [3.8, 4) is 0 Å². The van der Waals surface area contributed by atoms with Crippen LogP contribution in [0.4, 0.5) is 5.69 Å². The normalized spacial score (nSPS) is 10.8. The van der Waals surface area contributed by atoms with E-state index in [-0.39, 0.29) is 5.91 Å². The summed E-state index contributed by atoms with van der Waals surface area (Å²) in [5.74, 6) is -0.269. The van der Waals surface area contributed by atoms with Crippen molar-refractivity contribution < 1.29 is 4.79 Å². The van der Waals surface area contributed by atoms with Crippen LogP contribution < -0.4 is 5.32 Å². The number of carbonyl (C=O) groups is 1. The molecule has 0 atom stereocenters. The maximum Gasteiger partial charge on any atom is 0.257 e. The van der Waals surface area contributed by atoms with Crippen LogP contribution in [0.3, 0.4) is 0 Å². The van der Waals surface area contributed by atoms with Crippen LogP contribution >= 0.6 is 23.2 Å². The molecule has 0 radical (unpaired) electrons. The quantitative estimate of drug-likeness (QED) is 0.786. The number of anilines is 1. The van der Waals surface area contributed by atoms with E-state index in [0.717, 1.165) is 25.3 Å². The van der Waals surface area contributed by atoms with Gasteiger partial charge in [0.1, 0.15) is 0 Å². The van der Waals surface area contributed by atoms with E-state index < -0.39 is 0 Å². The maximum absolute atomic E-state index is 12.3. The molecule has 0 saturated heterocycles. The Morgan fingerprint density at radius 3 is 2.30 bits per heavy atom. The second-order valence-corrected chi connectivity index (χ2v) is 6.08. The summed E-state index contributed by atoms with van der Waals surface area (Å²) >= 11 is 12.0. The Labute approximate surface area is 147 Å². The Kier molecular flexibility index (Phi) is 6.46. The molecule has 0 saturated carbocycles. The van der Waals surface area contributed by atoms with Crippen LogP contribution in [0.2, 0.25) is 10.0 Å². The van der Waals surface area contributed by atoms with Crippen molar-refractivity contribution >= 4 is 34.8 Å². The van der Waals surface area contributed by atoms with E-state index in [1.165, 1.54) is 5.56 Å². The Hall–Kier alpha value is -1.55. The Morgan fingerprint density at radius 2 is 1.70 bits per heavy atom. The second-order valence-electron chi connectivity index (χ2n) is 5.24. The highest BCUT2D eigenvalue weighted by Gasteiger charge is 2.11. The van der Waals surface area contributed by atoms with Gasteiger partial charge in [-0.1, -0.05) is 49.2 Å². The number of carbonyl (C=O) groups excluding carboxylic acids is 1. The molecule has 2 rings (SSSR count). The fraction of sp³-hybridized carbons (Fsp3) is 0.278. The largest absolute Gasteiger partial charge is 0.322 e. The highest BCUT2D eigenvalue weighted by atomic mass is 35.5. The van der Waals surface area contributed by atoms with Gasteiger partial charge in [-0.05, 0) is 49.0 Å². The maximum atomic E-state index is 12.3. The van der Waals surface area contributed by atoms with E-state index in [0.29, 0.717) is 15.6 Å². The van der Waals surface area contributed by atoms with E-state index in [1.54, 1.807) is 18.2 Å². The van der Waals surface area contributed by atoms with Crippen molar-refractivity contribution in [2.75, 3.05) is 18.4 Å². The van der Waals surface area contributed by atoms with Crippen LogP contribution in [0, 0.1) is 0 Å². The highest BCUT2D eigenvalue weighted by molar-refractivity contribution is 6.36. The molecule has 0 bridgehead atoms. The second kappa shape index (κ2) is 8.34. The zero-order valence-corrected chi connectivity index (χ0v) is 14.8. The van der Waals surface area contributed by atoms with Crippen LogP contribution in [0.25, 0.3) is 0 Å². The number of halogens is 2. The first kappa shape index (κ1) is 17.8. The molecule has 0 aromatic heterocycles. The fourth-order valence-corrected chi connectivity index (χ4v) is 2.64. The zero-order chi connectivity index (χ0) is 16.8. The van der Waals surface area contributed by atoms with Gasteiger partial charge in [-0.2, -0.15) is 0 Å². The first-order chi connectivity index (χ1) is 11.0. The SMILES string of the molecule is CCN(CC)Cc1ccc(NC(=O)c2cc(Cl)ccc2Cl)cc1. The van der Waals surface area contributed by atoms with Gasteiger partial charge >= 0.3 is 0 Å². The molecular weight excluding hydrogens is 331 g/mol. The first-order valence-corrected chi connectivity index (χ1v) is 8.36. The molecule has 23 heavy (non-hydrogen) atoms. The molecule has 0 aliphatic carbocycles. The lowest BCUT2D eigenvalue weighted by molar-refractivity contribution is 0.102. The number of benzene rings is 2. The molecule has 1 N–H and O–H groups in total. The molecule has 2 aromatic carbocycles. The molecule has 2 aromatic rings. The van der Waals surface area contributed by atoms with Crippen molar-refractivity contribution in [2.24, 2.45) is 0 Å². The van der Waals surface area contributed by atoms with Gasteiger partial charge in [-0.15, -0.1) is 0 Å². The molecular formula is C18H20Cl2N2O. The number of nitrogens with one attached hydrogen (secondary N) is 1. The van der Waals surface area contributed by atoms with Gasteiger partial charge in [-0.3, -0.25) is 9.69 Å². The van der Waals surface area contributed by atoms with Crippen LogP contribution in [0.15, 0.2) is 42.5 Å². The van der Waals surface area contributed by atoms with Gasteiger partial charge in [0.05, 0.1) is 10.6 Å². The molecule has 0 heterocycles. The third kappa shape index (κ3) is 4.96. The standard InChI is InChI=1S/C18H20Cl2N2O/c1-3-22(4-2)12-13-5-8-15(9-6-13)21-18(23)16-11-14(19)7-10-17(16)20/h5-11H,3-4,12H2,1-2H3,(H,21,23). The summed E-state index contributed by atoms with van der Waals surface area (Å²) in [6, 6.07) is 12.7. The van der Waals surface area contributed by atoms with E-state index in [2.05, 4.69) is 24.1 Å². The van der Waals surface area contributed by atoms with Gasteiger partial charge in [0.15, 0.2) is 0 Å². The molecule has 0 spiro atoms. The number of hydrogen-bond donors (Lipinski definition) is 1. The van der Waals surface area contributed by atoms with Gasteiger partial charge in [0.2, 0.25) is 0 Å². The summed E-state index contributed by atoms with van der Waals surface area (Å²) in [7, 11) is 0. The summed E-state index contributed by atoms with van der Waals surface area (Å²) < 4.78 is 0. The van der Waals surface area contributed by atoms with Crippen LogP contribution in [0.1, 0.15) is 29.8 Å². The summed E-state index contributed by atoms with van der Waals surface area (Å²) in [6.45, 7) is 7.23. The minimum atomic E-state index is -0.269. The first-order valence-electron chi connectivity index (χ1n) is 7.61. The number of hydrogen-bond acceptors (Lipinski definition) is 2. The van der Waals surface area contributed by atoms with Gasteiger partial charge in [-0.25, -0.2) is 0 Å². The topological polar surface area (TPSA) is 32.3 Å². The zero-order valence-electron chi connectivity index (χ0n) is 13.3. The minimum absolute atomic E-state index is 0.269. The predicted molar refractivity (Wildman–Crippen MR) is 97.5 cm³/mol. The van der Waals surface area contributed by atoms with Crippen LogP contribution in [0.5, 0.6) is 0 Å². The van der Waals surface area contributed by atoms with Crippen LogP contribution in [-0.2, 0) is 6.54 Å². The highest BCUT2D eigenvalue weighted by Crippen LogP contribution is 2.22. The van der Waals surface area contributed by atoms with E-state index in [9.17, 15) is 4.79 Å². The van der Waals surface area contributed by atoms with Crippen molar-refractivity contribution in [2.45, 2.75) is 20.4 Å². The lowest BCUT2D eigenvalue weighted by Crippen LogP contribution is -2.22. The lowest BCUT2D eigenvalue weighted by atomic mass is 10.1. The Morgan fingerprint density at radius 1 is 1.04 bits per heavy atom. The molecule has 0 unspecified atom stereocenters. The van der Waals surface area contributed by atoms with E-state index >= 15 is 0 Å². The molecule has 1 amide bonds. The third-order valence-electron chi connectivity index (χ3n) is 3.69. The van der Waals surface area contributed by atoms with Crippen molar-refractivity contribution in [1.82, 2.24) is 4.90 Å². The molecule has 5 heteroatoms. The Balaban J connectivity index is 2.06. The summed E-state index contributed by atoms with van der Waals surface area (Å²) in [5, 5.41) is 3.70. The monoisotopic (exact) mass is 350 g/mol. The average Bonchev–Trinajstić information content (AvgIpc) is 2.56. The van der Waals surface area contributed by atoms with Crippen molar-refractivity contribution in [3.05, 3.63) is 63.6 Å². The number of amides is 1. The number of nitrogens with zero attached hydrogens (tertiary/aromatic N) is 1. The molecule has 0 aliphatic rings. The van der Waals surface area contributed by atoms with Crippen molar-refractivity contribution in [1.29, 1.82) is 0 Å². The summed E-state index contributed by atoms with van der Waals surface area (Å²) in [5.41, 5.74) is 2.31.